The number of fused-ring (bicyclic) bond motifs is 2. The van der Waals surface area contributed by atoms with Gasteiger partial charge in [0.2, 0.25) is 5.54 Å². The SMILES string of the molecule is COc1ccc2c(c1)C(=O)N(C[C@@]1(C#Cc3ccc4nc(C)ccc4c3)NC(=O)NC1=O)C2. The molecule has 1 fully saturated rings. The molecule has 1 aromatic heterocycles. The van der Waals surface area contributed by atoms with Crippen LogP contribution in [0.2, 0.25) is 0 Å². The van der Waals surface area contributed by atoms with Crippen LogP contribution in [0.25, 0.3) is 10.9 Å². The minimum Gasteiger partial charge on any atom is -0.497 e. The van der Waals surface area contributed by atoms with Gasteiger partial charge in [-0.3, -0.25) is 19.9 Å². The standard InChI is InChI=1S/C25H20N4O4/c1-15-3-5-17-11-16(4-8-21(17)26-15)9-10-25(23(31)27-24(32)28-25)14-29-13-18-6-7-19(33-2)12-20(18)22(29)30/h3-8,11-12H,13-14H2,1-2H3,(H2,27,28,31,32)/t25-/m1/s1. The number of aromatic nitrogens is 1. The zero-order valence-corrected chi connectivity index (χ0v) is 18.1. The molecular formula is C25H20N4O4. The summed E-state index contributed by atoms with van der Waals surface area (Å²) in [5, 5.41) is 5.79. The van der Waals surface area contributed by atoms with Crippen molar-refractivity contribution in [2.24, 2.45) is 0 Å². The number of aryl methyl sites for hydroxylation is 1. The Morgan fingerprint density at radius 3 is 2.73 bits per heavy atom. The Hall–Kier alpha value is -4.38. The van der Waals surface area contributed by atoms with Crippen LogP contribution in [0.1, 0.15) is 27.2 Å². The Labute approximate surface area is 189 Å². The molecule has 3 heterocycles. The fourth-order valence-electron chi connectivity index (χ4n) is 4.10. The molecule has 0 radical (unpaired) electrons. The summed E-state index contributed by atoms with van der Waals surface area (Å²) in [4.78, 5) is 43.8. The first-order valence-electron chi connectivity index (χ1n) is 10.4. The van der Waals surface area contributed by atoms with Crippen molar-refractivity contribution in [3.63, 3.8) is 0 Å². The van der Waals surface area contributed by atoms with Crippen LogP contribution >= 0.6 is 0 Å². The van der Waals surface area contributed by atoms with Crippen LogP contribution in [0.4, 0.5) is 4.79 Å². The molecule has 2 aliphatic rings. The lowest BCUT2D eigenvalue weighted by atomic mass is 9.98. The number of pyridine rings is 1. The molecule has 2 aliphatic heterocycles. The highest BCUT2D eigenvalue weighted by molar-refractivity contribution is 6.10. The third kappa shape index (κ3) is 3.64. The molecule has 33 heavy (non-hydrogen) atoms. The first-order chi connectivity index (χ1) is 15.9. The molecule has 2 aromatic carbocycles. The molecule has 4 amide bonds. The summed E-state index contributed by atoms with van der Waals surface area (Å²) >= 11 is 0. The minimum atomic E-state index is -1.56. The van der Waals surface area contributed by atoms with Crippen molar-refractivity contribution < 1.29 is 19.1 Å². The number of amides is 4. The van der Waals surface area contributed by atoms with Gasteiger partial charge < -0.3 is 15.0 Å². The van der Waals surface area contributed by atoms with Crippen molar-refractivity contribution in [2.45, 2.75) is 19.0 Å². The van der Waals surface area contributed by atoms with Gasteiger partial charge in [-0.05, 0) is 48.9 Å². The highest BCUT2D eigenvalue weighted by atomic mass is 16.5. The molecule has 0 bridgehead atoms. The van der Waals surface area contributed by atoms with Gasteiger partial charge in [-0.2, -0.15) is 0 Å². The van der Waals surface area contributed by atoms with E-state index < -0.39 is 17.5 Å². The molecule has 1 atom stereocenters. The van der Waals surface area contributed by atoms with Crippen molar-refractivity contribution in [3.8, 4) is 17.6 Å². The zero-order chi connectivity index (χ0) is 23.2. The molecule has 8 heteroatoms. The maximum absolute atomic E-state index is 13.0. The Kier molecular flexibility index (Phi) is 4.75. The number of hydrogen-bond donors (Lipinski definition) is 2. The van der Waals surface area contributed by atoms with Gasteiger partial charge in [0.05, 0.1) is 19.2 Å². The van der Waals surface area contributed by atoms with E-state index in [4.69, 9.17) is 4.74 Å². The van der Waals surface area contributed by atoms with E-state index in [0.29, 0.717) is 23.4 Å². The summed E-state index contributed by atoms with van der Waals surface area (Å²) in [6, 6.07) is 14.1. The number of nitrogens with one attached hydrogen (secondary N) is 2. The summed E-state index contributed by atoms with van der Waals surface area (Å²) in [6.45, 7) is 2.15. The maximum atomic E-state index is 13.0. The van der Waals surface area contributed by atoms with Crippen LogP contribution in [0, 0.1) is 18.8 Å². The van der Waals surface area contributed by atoms with Gasteiger partial charge in [-0.1, -0.05) is 24.0 Å². The first-order valence-corrected chi connectivity index (χ1v) is 10.4. The summed E-state index contributed by atoms with van der Waals surface area (Å²) < 4.78 is 5.21. The molecule has 8 nitrogen and oxygen atoms in total. The van der Waals surface area contributed by atoms with Crippen LogP contribution in [0.15, 0.2) is 48.5 Å². The Morgan fingerprint density at radius 2 is 1.97 bits per heavy atom. The number of imide groups is 1. The van der Waals surface area contributed by atoms with E-state index in [1.807, 2.05) is 43.3 Å². The second-order valence-corrected chi connectivity index (χ2v) is 8.11. The quantitative estimate of drug-likeness (QED) is 0.480. The number of benzene rings is 2. The number of urea groups is 1. The Morgan fingerprint density at radius 1 is 1.12 bits per heavy atom. The molecule has 0 spiro atoms. The number of rotatable bonds is 3. The molecule has 164 valence electrons. The fourth-order valence-corrected chi connectivity index (χ4v) is 4.10. The number of hydrogen-bond acceptors (Lipinski definition) is 5. The zero-order valence-electron chi connectivity index (χ0n) is 18.1. The van der Waals surface area contributed by atoms with Gasteiger partial charge in [-0.15, -0.1) is 0 Å². The number of methoxy groups -OCH3 is 1. The lowest BCUT2D eigenvalue weighted by Crippen LogP contribution is -2.54. The van der Waals surface area contributed by atoms with E-state index in [9.17, 15) is 14.4 Å². The van der Waals surface area contributed by atoms with Crippen LogP contribution in [-0.4, -0.2) is 46.9 Å². The normalized spacial score (nSPS) is 19.1. The summed E-state index contributed by atoms with van der Waals surface area (Å²) in [7, 11) is 1.53. The molecule has 5 rings (SSSR count). The van der Waals surface area contributed by atoms with E-state index in [2.05, 4.69) is 27.5 Å². The second kappa shape index (κ2) is 7.64. The lowest BCUT2D eigenvalue weighted by molar-refractivity contribution is -0.122. The molecule has 0 unspecified atom stereocenters. The number of carbonyl (C=O) groups is 3. The highest BCUT2D eigenvalue weighted by Crippen LogP contribution is 2.28. The van der Waals surface area contributed by atoms with Crippen molar-refractivity contribution in [1.82, 2.24) is 20.5 Å². The predicted octanol–water partition coefficient (Wildman–Crippen LogP) is 2.14. The molecule has 1 saturated heterocycles. The largest absolute Gasteiger partial charge is 0.497 e. The Balaban J connectivity index is 1.47. The van der Waals surface area contributed by atoms with Crippen molar-refractivity contribution in [3.05, 3.63) is 70.9 Å². The van der Waals surface area contributed by atoms with Gasteiger partial charge in [0.1, 0.15) is 5.75 Å². The molecule has 0 aliphatic carbocycles. The van der Waals surface area contributed by atoms with Crippen LogP contribution in [-0.2, 0) is 11.3 Å². The second-order valence-electron chi connectivity index (χ2n) is 8.11. The van der Waals surface area contributed by atoms with E-state index in [1.54, 1.807) is 12.1 Å². The third-order valence-corrected chi connectivity index (χ3v) is 5.81. The minimum absolute atomic E-state index is 0.0816. The van der Waals surface area contributed by atoms with Crippen LogP contribution in [0.3, 0.4) is 0 Å². The summed E-state index contributed by atoms with van der Waals surface area (Å²) in [5.41, 5.74) is 2.21. The monoisotopic (exact) mass is 440 g/mol. The van der Waals surface area contributed by atoms with Gasteiger partial charge in [0.25, 0.3) is 11.8 Å². The Bertz CT molecular complexity index is 1400. The van der Waals surface area contributed by atoms with Gasteiger partial charge in [0.15, 0.2) is 0 Å². The first kappa shape index (κ1) is 20.5. The van der Waals surface area contributed by atoms with Gasteiger partial charge in [0, 0.05) is 28.8 Å². The van der Waals surface area contributed by atoms with Crippen molar-refractivity contribution in [2.75, 3.05) is 13.7 Å². The van der Waals surface area contributed by atoms with E-state index in [1.165, 1.54) is 12.0 Å². The average Bonchev–Trinajstić information content (AvgIpc) is 3.26. The maximum Gasteiger partial charge on any atom is 0.323 e. The summed E-state index contributed by atoms with van der Waals surface area (Å²) in [5.74, 6) is 5.68. The smallest absolute Gasteiger partial charge is 0.323 e. The number of nitrogens with zero attached hydrogens (tertiary/aromatic N) is 2. The van der Waals surface area contributed by atoms with E-state index >= 15 is 0 Å². The highest BCUT2D eigenvalue weighted by Gasteiger charge is 2.48. The fraction of sp³-hybridized carbons (Fsp3) is 0.200. The van der Waals surface area contributed by atoms with Gasteiger partial charge >= 0.3 is 6.03 Å². The molecular weight excluding hydrogens is 420 g/mol. The number of ether oxygens (including phenoxy) is 1. The topological polar surface area (TPSA) is 101 Å². The number of carbonyl (C=O) groups excluding carboxylic acids is 3. The summed E-state index contributed by atoms with van der Waals surface area (Å²) in [6.07, 6.45) is 0. The predicted molar refractivity (Wildman–Crippen MR) is 120 cm³/mol. The van der Waals surface area contributed by atoms with Gasteiger partial charge in [-0.25, -0.2) is 4.79 Å². The van der Waals surface area contributed by atoms with E-state index in [0.717, 1.165) is 22.2 Å². The molecule has 0 saturated carbocycles. The molecule has 3 aromatic rings. The van der Waals surface area contributed by atoms with Crippen molar-refractivity contribution in [1.29, 1.82) is 0 Å². The van der Waals surface area contributed by atoms with E-state index in [-0.39, 0.29) is 12.5 Å². The average molecular weight is 440 g/mol. The molecule has 2 N–H and O–H groups in total. The lowest BCUT2D eigenvalue weighted by Gasteiger charge is -2.26. The van der Waals surface area contributed by atoms with Crippen molar-refractivity contribution >= 4 is 28.7 Å². The third-order valence-electron chi connectivity index (χ3n) is 5.81. The van der Waals surface area contributed by atoms with Crippen LogP contribution in [0.5, 0.6) is 5.75 Å². The van der Waals surface area contributed by atoms with Crippen LogP contribution < -0.4 is 15.4 Å².